The van der Waals surface area contributed by atoms with E-state index in [4.69, 9.17) is 17.0 Å². The summed E-state index contributed by atoms with van der Waals surface area (Å²) in [7, 11) is 0. The molecule has 2 aromatic carbocycles. The molecule has 29 heavy (non-hydrogen) atoms. The third kappa shape index (κ3) is 4.91. The third-order valence-electron chi connectivity index (χ3n) is 3.98. The smallest absolute Gasteiger partial charge is 0.343 e. The van der Waals surface area contributed by atoms with Crippen molar-refractivity contribution in [3.8, 4) is 5.75 Å². The van der Waals surface area contributed by atoms with Crippen LogP contribution in [0.5, 0.6) is 5.75 Å². The van der Waals surface area contributed by atoms with Crippen molar-refractivity contribution in [2.75, 3.05) is 0 Å². The van der Waals surface area contributed by atoms with Crippen LogP contribution in [0.2, 0.25) is 0 Å². The number of aromatic amines is 1. The molecule has 0 amide bonds. The number of carbonyl (C=O) groups is 1. The van der Waals surface area contributed by atoms with E-state index in [1.165, 1.54) is 6.21 Å². The first-order valence-electron chi connectivity index (χ1n) is 8.89. The van der Waals surface area contributed by atoms with Gasteiger partial charge in [0.05, 0.1) is 11.8 Å². The highest BCUT2D eigenvalue weighted by molar-refractivity contribution is 7.71. The van der Waals surface area contributed by atoms with Crippen molar-refractivity contribution in [1.82, 2.24) is 14.9 Å². The molecule has 148 valence electrons. The topological polar surface area (TPSA) is 89.3 Å². The summed E-state index contributed by atoms with van der Waals surface area (Å²) in [6.45, 7) is 5.66. The van der Waals surface area contributed by atoms with Crippen LogP contribution in [-0.2, 0) is 5.41 Å². The summed E-state index contributed by atoms with van der Waals surface area (Å²) < 4.78 is 6.55. The molecule has 7 nitrogen and oxygen atoms in total. The minimum atomic E-state index is -0.446. The van der Waals surface area contributed by atoms with Gasteiger partial charge in [0.2, 0.25) is 4.77 Å². The van der Waals surface area contributed by atoms with Gasteiger partial charge in [0, 0.05) is 5.41 Å². The molecular weight excluding hydrogens is 388 g/mol. The minimum Gasteiger partial charge on any atom is -0.423 e. The van der Waals surface area contributed by atoms with Gasteiger partial charge in [0.1, 0.15) is 11.4 Å². The van der Waals surface area contributed by atoms with E-state index in [1.807, 2.05) is 26.8 Å². The van der Waals surface area contributed by atoms with Gasteiger partial charge in [-0.25, -0.2) is 4.79 Å². The fourth-order valence-electron chi connectivity index (χ4n) is 2.47. The van der Waals surface area contributed by atoms with Gasteiger partial charge >= 0.3 is 5.97 Å². The van der Waals surface area contributed by atoms with E-state index in [2.05, 4.69) is 15.3 Å². The van der Waals surface area contributed by atoms with Crippen molar-refractivity contribution in [1.29, 1.82) is 0 Å². The summed E-state index contributed by atoms with van der Waals surface area (Å²) in [4.78, 5) is 24.7. The molecule has 0 spiro atoms. The molecular formula is C21H20N4O3S. The summed E-state index contributed by atoms with van der Waals surface area (Å²) in [6, 6.07) is 15.5. The average molecular weight is 408 g/mol. The fraction of sp³-hybridized carbons (Fsp3) is 0.190. The van der Waals surface area contributed by atoms with Crippen molar-refractivity contribution in [3.63, 3.8) is 0 Å². The normalized spacial score (nSPS) is 11.6. The van der Waals surface area contributed by atoms with Crippen LogP contribution in [0.1, 0.15) is 42.4 Å². The van der Waals surface area contributed by atoms with Crippen LogP contribution in [0.15, 0.2) is 64.5 Å². The highest BCUT2D eigenvalue weighted by Crippen LogP contribution is 2.16. The highest BCUT2D eigenvalue weighted by atomic mass is 32.1. The summed E-state index contributed by atoms with van der Waals surface area (Å²) in [5.74, 6) is -0.0271. The largest absolute Gasteiger partial charge is 0.423 e. The zero-order valence-corrected chi connectivity index (χ0v) is 17.1. The van der Waals surface area contributed by atoms with Gasteiger partial charge < -0.3 is 4.74 Å². The maximum Gasteiger partial charge on any atom is 0.343 e. The number of carbonyl (C=O) groups excluding carboxylic acids is 1. The van der Waals surface area contributed by atoms with Gasteiger partial charge in [-0.05, 0) is 54.2 Å². The van der Waals surface area contributed by atoms with Crippen molar-refractivity contribution >= 4 is 24.4 Å². The quantitative estimate of drug-likeness (QED) is 0.308. The summed E-state index contributed by atoms with van der Waals surface area (Å²) in [5.41, 5.74) is 0.703. The molecule has 3 rings (SSSR count). The summed E-state index contributed by atoms with van der Waals surface area (Å²) in [5, 5.41) is 10.9. The second-order valence-electron chi connectivity index (χ2n) is 7.31. The third-order valence-corrected chi connectivity index (χ3v) is 4.25. The minimum absolute atomic E-state index is 0.104. The SMILES string of the molecule is CC(C)(C)c1n[nH]c(=S)n(/N=C\c2ccc(OC(=O)c3ccccc3)cc2)c1=O. The number of H-pyrrole nitrogens is 1. The lowest BCUT2D eigenvalue weighted by Crippen LogP contribution is -2.32. The Morgan fingerprint density at radius 2 is 1.79 bits per heavy atom. The summed E-state index contributed by atoms with van der Waals surface area (Å²) in [6.07, 6.45) is 1.50. The number of hydrogen-bond acceptors (Lipinski definition) is 6. The van der Waals surface area contributed by atoms with Gasteiger partial charge in [-0.3, -0.25) is 9.89 Å². The molecule has 0 bridgehead atoms. The van der Waals surface area contributed by atoms with Crippen LogP contribution in [0.4, 0.5) is 0 Å². The molecule has 0 saturated carbocycles. The Morgan fingerprint density at radius 3 is 2.41 bits per heavy atom. The van der Waals surface area contributed by atoms with E-state index >= 15 is 0 Å². The van der Waals surface area contributed by atoms with Gasteiger partial charge in [-0.15, -0.1) is 0 Å². The lowest BCUT2D eigenvalue weighted by atomic mass is 9.93. The monoisotopic (exact) mass is 408 g/mol. The molecule has 1 aromatic heterocycles. The predicted molar refractivity (Wildman–Crippen MR) is 113 cm³/mol. The number of ether oxygens (including phenoxy) is 1. The molecule has 0 saturated heterocycles. The highest BCUT2D eigenvalue weighted by Gasteiger charge is 2.21. The maximum atomic E-state index is 12.6. The van der Waals surface area contributed by atoms with E-state index in [0.29, 0.717) is 22.6 Å². The molecule has 0 aliphatic rings. The average Bonchev–Trinajstić information content (AvgIpc) is 2.68. The maximum absolute atomic E-state index is 12.6. The van der Waals surface area contributed by atoms with Crippen molar-refractivity contribution < 1.29 is 9.53 Å². The number of esters is 1. The Morgan fingerprint density at radius 1 is 1.14 bits per heavy atom. The first kappa shape index (κ1) is 20.3. The Bertz CT molecular complexity index is 1160. The second kappa shape index (κ2) is 8.32. The van der Waals surface area contributed by atoms with Crippen LogP contribution in [0.25, 0.3) is 0 Å². The summed E-state index contributed by atoms with van der Waals surface area (Å²) >= 11 is 5.13. The Hall–Kier alpha value is -3.39. The zero-order valence-electron chi connectivity index (χ0n) is 16.2. The molecule has 3 aromatic rings. The molecule has 0 atom stereocenters. The Balaban J connectivity index is 1.78. The number of nitrogens with one attached hydrogen (secondary N) is 1. The van der Waals surface area contributed by atoms with Crippen LogP contribution in [0.3, 0.4) is 0 Å². The van der Waals surface area contributed by atoms with E-state index < -0.39 is 11.4 Å². The molecule has 0 fully saturated rings. The van der Waals surface area contributed by atoms with Gasteiger partial charge in [-0.1, -0.05) is 39.0 Å². The van der Waals surface area contributed by atoms with Crippen molar-refractivity contribution in [2.45, 2.75) is 26.2 Å². The number of aromatic nitrogens is 3. The van der Waals surface area contributed by atoms with Crippen molar-refractivity contribution in [2.24, 2.45) is 5.10 Å². The molecule has 0 aliphatic carbocycles. The van der Waals surface area contributed by atoms with Crippen LogP contribution in [0, 0.1) is 4.77 Å². The second-order valence-corrected chi connectivity index (χ2v) is 7.70. The molecule has 1 N–H and O–H groups in total. The van der Waals surface area contributed by atoms with Gasteiger partial charge in [-0.2, -0.15) is 14.9 Å². The standard InChI is InChI=1S/C21H20N4O3S/c1-21(2,3)17-18(26)25(20(29)24-23-17)22-13-14-9-11-16(12-10-14)28-19(27)15-7-5-4-6-8-15/h4-13H,1-3H3,(H,24,29)/b22-13-. The van der Waals surface area contributed by atoms with E-state index in [-0.39, 0.29) is 10.3 Å². The first-order valence-corrected chi connectivity index (χ1v) is 9.30. The van der Waals surface area contributed by atoms with Gasteiger partial charge in [0.25, 0.3) is 5.56 Å². The molecule has 0 aliphatic heterocycles. The number of nitrogens with zero attached hydrogens (tertiary/aromatic N) is 3. The molecule has 0 unspecified atom stereocenters. The molecule has 8 heteroatoms. The number of benzene rings is 2. The predicted octanol–water partition coefficient (Wildman–Crippen LogP) is 3.70. The molecule has 0 radical (unpaired) electrons. The lowest BCUT2D eigenvalue weighted by molar-refractivity contribution is 0.0735. The van der Waals surface area contributed by atoms with E-state index in [9.17, 15) is 9.59 Å². The Kier molecular flexibility index (Phi) is 5.84. The zero-order chi connectivity index (χ0) is 21.0. The number of rotatable bonds is 4. The van der Waals surface area contributed by atoms with Crippen molar-refractivity contribution in [3.05, 3.63) is 86.5 Å². The fourth-order valence-corrected chi connectivity index (χ4v) is 2.65. The number of hydrogen-bond donors (Lipinski definition) is 1. The first-order chi connectivity index (χ1) is 13.8. The van der Waals surface area contributed by atoms with E-state index in [1.54, 1.807) is 48.5 Å². The van der Waals surface area contributed by atoms with Crippen LogP contribution >= 0.6 is 12.2 Å². The van der Waals surface area contributed by atoms with Crippen LogP contribution in [-0.4, -0.2) is 27.1 Å². The van der Waals surface area contributed by atoms with E-state index in [0.717, 1.165) is 4.68 Å². The Labute approximate surface area is 172 Å². The molecule has 1 heterocycles. The lowest BCUT2D eigenvalue weighted by Gasteiger charge is -2.16. The van der Waals surface area contributed by atoms with Gasteiger partial charge in [0.15, 0.2) is 0 Å². The van der Waals surface area contributed by atoms with Crippen LogP contribution < -0.4 is 10.3 Å².